The second-order valence-corrected chi connectivity index (χ2v) is 4.32. The minimum atomic E-state index is -0.947. The maximum atomic E-state index is 9.26. The van der Waals surface area contributed by atoms with E-state index in [1.807, 2.05) is 29.0 Å². The van der Waals surface area contributed by atoms with Crippen LogP contribution in [0.1, 0.15) is 0 Å². The smallest absolute Gasteiger partial charge is 0.215 e. The van der Waals surface area contributed by atoms with Crippen LogP contribution >= 0.6 is 11.3 Å². The average Bonchev–Trinajstić information content (AvgIpc) is 3.00. The van der Waals surface area contributed by atoms with Gasteiger partial charge in [-0.25, -0.2) is 0 Å². The molecule has 0 saturated carbocycles. The van der Waals surface area contributed by atoms with Crippen LogP contribution in [0.3, 0.4) is 0 Å². The van der Waals surface area contributed by atoms with Gasteiger partial charge in [-0.1, -0.05) is 18.2 Å². The van der Waals surface area contributed by atoms with Crippen LogP contribution in [0.5, 0.6) is 0 Å². The highest BCUT2D eigenvalue weighted by molar-refractivity contribution is 7.07. The molecule has 4 unspecified atom stereocenters. The van der Waals surface area contributed by atoms with Crippen LogP contribution in [0.15, 0.2) is 35.0 Å². The van der Waals surface area contributed by atoms with Crippen LogP contribution in [-0.4, -0.2) is 34.7 Å². The van der Waals surface area contributed by atoms with Gasteiger partial charge in [0.05, 0.1) is 0 Å². The Morgan fingerprint density at radius 1 is 1.27 bits per heavy atom. The van der Waals surface area contributed by atoms with Crippen LogP contribution in [0, 0.1) is 0 Å². The lowest BCUT2D eigenvalue weighted by molar-refractivity contribution is 0.0821. The van der Waals surface area contributed by atoms with Crippen LogP contribution in [-0.2, 0) is 9.47 Å². The lowest BCUT2D eigenvalue weighted by atomic mass is 10.1. The minimum Gasteiger partial charge on any atom is -0.412 e. The van der Waals surface area contributed by atoms with Gasteiger partial charge in [0.1, 0.15) is 18.3 Å². The fraction of sp³-hybridized carbons (Fsp3) is 0.400. The number of ether oxygens (including phenoxy) is 2. The molecule has 82 valence electrons. The first-order chi connectivity index (χ1) is 6.80. The molecule has 3 aliphatic rings. The zero-order chi connectivity index (χ0) is 9.60. The number of epoxide rings is 2. The molecule has 15 heavy (non-hydrogen) atoms. The van der Waals surface area contributed by atoms with Crippen molar-refractivity contribution in [3.8, 4) is 0 Å². The minimum absolute atomic E-state index is 0. The molecule has 0 spiro atoms. The average molecular weight is 228 g/mol. The topological polar surface area (TPSA) is 76.8 Å². The Morgan fingerprint density at radius 3 is 2.53 bits per heavy atom. The summed E-state index contributed by atoms with van der Waals surface area (Å²) in [6, 6.07) is 4.04. The predicted octanol–water partition coefficient (Wildman–Crippen LogP) is 0.334. The fourth-order valence-corrected chi connectivity index (χ4v) is 2.05. The summed E-state index contributed by atoms with van der Waals surface area (Å²) >= 11 is 1.71. The van der Waals surface area contributed by atoms with E-state index in [4.69, 9.17) is 9.47 Å². The molecule has 0 bridgehead atoms. The van der Waals surface area contributed by atoms with Crippen molar-refractivity contribution >= 4 is 11.3 Å². The maximum Gasteiger partial charge on any atom is 0.215 e. The molecule has 1 aromatic rings. The van der Waals surface area contributed by atoms with Gasteiger partial charge in [0.15, 0.2) is 0 Å². The summed E-state index contributed by atoms with van der Waals surface area (Å²) in [6.45, 7) is 0. The molecular formula is C10H12O4S. The van der Waals surface area contributed by atoms with Crippen molar-refractivity contribution in [2.75, 3.05) is 0 Å². The van der Waals surface area contributed by atoms with Crippen molar-refractivity contribution in [1.29, 1.82) is 0 Å². The number of fused-ring (bicyclic) bond motifs is 3. The lowest BCUT2D eigenvalue weighted by Crippen LogP contribution is -2.19. The third-order valence-corrected chi connectivity index (χ3v) is 3.10. The lowest BCUT2D eigenvalue weighted by Gasteiger charge is -1.97. The Bertz CT molecular complexity index is 333. The first kappa shape index (κ1) is 10.8. The molecule has 3 N–H and O–H groups in total. The highest BCUT2D eigenvalue weighted by atomic mass is 32.1. The molecule has 2 fully saturated rings. The number of aliphatic hydroxyl groups is 1. The SMILES string of the molecule is O.OC12C=CC3OC3C1O2.c1ccsc1. The van der Waals surface area contributed by atoms with Gasteiger partial charge in [-0.15, -0.1) is 0 Å². The molecule has 4 rings (SSSR count). The largest absolute Gasteiger partial charge is 0.412 e. The van der Waals surface area contributed by atoms with Gasteiger partial charge in [-0.3, -0.25) is 0 Å². The highest BCUT2D eigenvalue weighted by Gasteiger charge is 2.68. The van der Waals surface area contributed by atoms with Gasteiger partial charge in [-0.05, 0) is 16.8 Å². The predicted molar refractivity (Wildman–Crippen MR) is 55.6 cm³/mol. The fourth-order valence-electron chi connectivity index (χ4n) is 1.60. The monoisotopic (exact) mass is 228 g/mol. The number of thiophene rings is 1. The van der Waals surface area contributed by atoms with Crippen molar-refractivity contribution in [2.45, 2.75) is 24.1 Å². The summed E-state index contributed by atoms with van der Waals surface area (Å²) in [5.41, 5.74) is 0. The molecule has 5 heteroatoms. The normalized spacial score (nSPS) is 42.6. The van der Waals surface area contributed by atoms with E-state index in [-0.39, 0.29) is 23.8 Å². The molecule has 4 atom stereocenters. The highest BCUT2D eigenvalue weighted by Crippen LogP contribution is 2.49. The van der Waals surface area contributed by atoms with E-state index in [0.29, 0.717) is 0 Å². The van der Waals surface area contributed by atoms with Crippen molar-refractivity contribution in [1.82, 2.24) is 0 Å². The van der Waals surface area contributed by atoms with E-state index in [9.17, 15) is 5.11 Å². The molecule has 2 saturated heterocycles. The standard InChI is InChI=1S/C6H6O3.C4H4S.H2O/c7-6-2-1-3-4(8-3)5(6)9-6;1-2-4-5-3-1;/h1-5,7H;1-4H;1H2. The first-order valence-corrected chi connectivity index (χ1v) is 5.46. The molecule has 4 nitrogen and oxygen atoms in total. The van der Waals surface area contributed by atoms with E-state index in [0.717, 1.165) is 0 Å². The summed E-state index contributed by atoms with van der Waals surface area (Å²) < 4.78 is 10.1. The summed E-state index contributed by atoms with van der Waals surface area (Å²) in [7, 11) is 0. The number of hydrogen-bond donors (Lipinski definition) is 1. The second kappa shape index (κ2) is 3.70. The Kier molecular flexibility index (Phi) is 2.66. The van der Waals surface area contributed by atoms with Crippen LogP contribution in [0.25, 0.3) is 0 Å². The van der Waals surface area contributed by atoms with Crippen LogP contribution in [0.2, 0.25) is 0 Å². The quantitative estimate of drug-likeness (QED) is 0.513. The molecule has 0 radical (unpaired) electrons. The number of rotatable bonds is 0. The molecule has 1 aliphatic carbocycles. The zero-order valence-corrected chi connectivity index (χ0v) is 8.68. The van der Waals surface area contributed by atoms with Gasteiger partial charge in [-0.2, -0.15) is 11.3 Å². The van der Waals surface area contributed by atoms with E-state index >= 15 is 0 Å². The van der Waals surface area contributed by atoms with Crippen LogP contribution in [0.4, 0.5) is 0 Å². The van der Waals surface area contributed by atoms with Crippen molar-refractivity contribution in [2.24, 2.45) is 0 Å². The van der Waals surface area contributed by atoms with E-state index in [1.165, 1.54) is 0 Å². The Morgan fingerprint density at radius 2 is 2.00 bits per heavy atom. The molecule has 0 amide bonds. The Labute approximate surface area is 91.1 Å². The summed E-state index contributed by atoms with van der Waals surface area (Å²) in [4.78, 5) is 0. The Balaban J connectivity index is 0.000000124. The first-order valence-electron chi connectivity index (χ1n) is 4.52. The summed E-state index contributed by atoms with van der Waals surface area (Å²) in [6.07, 6.45) is 3.85. The summed E-state index contributed by atoms with van der Waals surface area (Å²) in [5, 5.41) is 13.3. The Hall–Kier alpha value is -0.720. The summed E-state index contributed by atoms with van der Waals surface area (Å²) in [5.74, 6) is -0.947. The van der Waals surface area contributed by atoms with Gasteiger partial charge in [0.2, 0.25) is 5.79 Å². The zero-order valence-electron chi connectivity index (χ0n) is 7.87. The molecule has 1 aromatic heterocycles. The number of hydrogen-bond acceptors (Lipinski definition) is 4. The van der Waals surface area contributed by atoms with Crippen LogP contribution < -0.4 is 0 Å². The molecular weight excluding hydrogens is 216 g/mol. The molecule has 0 aromatic carbocycles. The molecule has 2 aliphatic heterocycles. The van der Waals surface area contributed by atoms with E-state index in [2.05, 4.69) is 0 Å². The molecule has 3 heterocycles. The van der Waals surface area contributed by atoms with Gasteiger partial charge in [0.25, 0.3) is 0 Å². The second-order valence-electron chi connectivity index (χ2n) is 3.51. The van der Waals surface area contributed by atoms with Gasteiger partial charge < -0.3 is 20.1 Å². The van der Waals surface area contributed by atoms with Gasteiger partial charge >= 0.3 is 0 Å². The third kappa shape index (κ3) is 1.97. The van der Waals surface area contributed by atoms with Gasteiger partial charge in [0, 0.05) is 0 Å². The van der Waals surface area contributed by atoms with Crippen molar-refractivity contribution in [3.63, 3.8) is 0 Å². The third-order valence-electron chi connectivity index (χ3n) is 2.48. The van der Waals surface area contributed by atoms with E-state index < -0.39 is 5.79 Å². The van der Waals surface area contributed by atoms with Crippen molar-refractivity contribution in [3.05, 3.63) is 35.0 Å². The van der Waals surface area contributed by atoms with Crippen molar-refractivity contribution < 1.29 is 20.1 Å². The van der Waals surface area contributed by atoms with E-state index in [1.54, 1.807) is 17.4 Å². The maximum absolute atomic E-state index is 9.26.